The van der Waals surface area contributed by atoms with Crippen LogP contribution in [0, 0.1) is 0 Å². The standard InChI is InChI=1S/C29H56B4O8/c1-22(2)23(3,4)35-30(34-22)18-20(32-38-26(9,10)27(11,12)39-32)17-21(33-40-28(13,14)29(15,16)41-33)19-31-36-24(5,6)25(7,8)37-31/h20-21H,17-19H2,1-16H3/t20-,21-/m0/s1. The van der Waals surface area contributed by atoms with Gasteiger partial charge in [0.15, 0.2) is 0 Å². The van der Waals surface area contributed by atoms with E-state index in [0.717, 1.165) is 0 Å². The van der Waals surface area contributed by atoms with Gasteiger partial charge in [0.1, 0.15) is 0 Å². The summed E-state index contributed by atoms with van der Waals surface area (Å²) in [6.07, 6.45) is 1.92. The van der Waals surface area contributed by atoms with Crippen LogP contribution in [0.1, 0.15) is 117 Å². The summed E-state index contributed by atoms with van der Waals surface area (Å²) in [5.41, 5.74) is -3.54. The highest BCUT2D eigenvalue weighted by Gasteiger charge is 2.61. The quantitative estimate of drug-likeness (QED) is 0.304. The Bertz CT molecular complexity index is 840. The van der Waals surface area contributed by atoms with Crippen LogP contribution in [0.25, 0.3) is 0 Å². The fraction of sp³-hybridized carbons (Fsp3) is 1.00. The van der Waals surface area contributed by atoms with Gasteiger partial charge >= 0.3 is 28.5 Å². The van der Waals surface area contributed by atoms with Crippen molar-refractivity contribution in [2.45, 2.75) is 186 Å². The van der Waals surface area contributed by atoms with Crippen molar-refractivity contribution in [3.8, 4) is 0 Å². The second-order valence-electron chi connectivity index (χ2n) is 16.8. The molecule has 0 radical (unpaired) electrons. The Kier molecular flexibility index (Phi) is 8.44. The van der Waals surface area contributed by atoms with Gasteiger partial charge in [-0.15, -0.1) is 0 Å². The molecule has 0 aliphatic carbocycles. The van der Waals surface area contributed by atoms with Crippen LogP contribution in [0.3, 0.4) is 0 Å². The normalized spacial score (nSPS) is 31.6. The first-order valence-electron chi connectivity index (χ1n) is 15.6. The van der Waals surface area contributed by atoms with E-state index in [1.54, 1.807) is 0 Å². The van der Waals surface area contributed by atoms with E-state index in [0.29, 0.717) is 19.1 Å². The van der Waals surface area contributed by atoms with Gasteiger partial charge in [-0.1, -0.05) is 6.42 Å². The molecule has 4 rings (SSSR count). The van der Waals surface area contributed by atoms with Crippen LogP contribution in [0.5, 0.6) is 0 Å². The summed E-state index contributed by atoms with van der Waals surface area (Å²) < 4.78 is 52.5. The van der Waals surface area contributed by atoms with E-state index in [4.69, 9.17) is 37.2 Å². The molecule has 0 bridgehead atoms. The zero-order valence-electron chi connectivity index (χ0n) is 28.9. The first-order chi connectivity index (χ1) is 18.2. The minimum absolute atomic E-state index is 0.0582. The lowest BCUT2D eigenvalue weighted by Crippen LogP contribution is -2.41. The fourth-order valence-electron chi connectivity index (χ4n) is 5.80. The summed E-state index contributed by atoms with van der Waals surface area (Å²) in [7, 11) is -1.66. The molecule has 4 aliphatic heterocycles. The van der Waals surface area contributed by atoms with Gasteiger partial charge < -0.3 is 37.2 Å². The lowest BCUT2D eigenvalue weighted by molar-refractivity contribution is 0.00578. The molecular weight excluding hydrogens is 520 g/mol. The molecule has 4 saturated heterocycles. The van der Waals surface area contributed by atoms with Gasteiger partial charge in [-0.2, -0.15) is 0 Å². The lowest BCUT2D eigenvalue weighted by Gasteiger charge is -2.32. The molecule has 0 aromatic heterocycles. The highest BCUT2D eigenvalue weighted by Crippen LogP contribution is 2.50. The van der Waals surface area contributed by atoms with E-state index >= 15 is 0 Å². The van der Waals surface area contributed by atoms with Crippen molar-refractivity contribution in [3.05, 3.63) is 0 Å². The van der Waals surface area contributed by atoms with Crippen molar-refractivity contribution >= 4 is 28.5 Å². The van der Waals surface area contributed by atoms with E-state index in [-0.39, 0.29) is 25.9 Å². The fourth-order valence-corrected chi connectivity index (χ4v) is 5.80. The molecule has 4 heterocycles. The Balaban J connectivity index is 1.64. The summed E-state index contributed by atoms with van der Waals surface area (Å²) in [5.74, 6) is -0.116. The number of rotatable bonds is 8. The first kappa shape index (κ1) is 33.8. The summed E-state index contributed by atoms with van der Waals surface area (Å²) in [5, 5.41) is 0. The molecule has 0 unspecified atom stereocenters. The van der Waals surface area contributed by atoms with Crippen LogP contribution < -0.4 is 0 Å². The third kappa shape index (κ3) is 6.25. The molecule has 12 heteroatoms. The maximum atomic E-state index is 6.64. The zero-order valence-corrected chi connectivity index (χ0v) is 28.9. The van der Waals surface area contributed by atoms with Gasteiger partial charge in [0.05, 0.1) is 44.8 Å². The van der Waals surface area contributed by atoms with E-state index in [2.05, 4.69) is 111 Å². The summed E-state index contributed by atoms with van der Waals surface area (Å²) in [6.45, 7) is 33.4. The molecule has 0 saturated carbocycles. The Morgan fingerprint density at radius 3 is 0.756 bits per heavy atom. The van der Waals surface area contributed by atoms with E-state index < -0.39 is 59.0 Å². The molecule has 2 atom stereocenters. The molecule has 8 nitrogen and oxygen atoms in total. The Hall–Kier alpha value is -0.0603. The molecule has 4 fully saturated rings. The molecule has 0 aromatic carbocycles. The maximum Gasteiger partial charge on any atom is 0.460 e. The second-order valence-corrected chi connectivity index (χ2v) is 16.8. The van der Waals surface area contributed by atoms with E-state index in [9.17, 15) is 0 Å². The van der Waals surface area contributed by atoms with Crippen LogP contribution in [-0.4, -0.2) is 73.3 Å². The average molecular weight is 576 g/mol. The monoisotopic (exact) mass is 576 g/mol. The number of hydrogen-bond donors (Lipinski definition) is 0. The molecule has 232 valence electrons. The largest absolute Gasteiger partial charge is 0.460 e. The topological polar surface area (TPSA) is 73.8 Å². The molecular formula is C29H56B4O8. The van der Waals surface area contributed by atoms with Crippen LogP contribution in [0.2, 0.25) is 24.3 Å². The third-order valence-electron chi connectivity index (χ3n) is 11.5. The predicted molar refractivity (Wildman–Crippen MR) is 166 cm³/mol. The first-order valence-corrected chi connectivity index (χ1v) is 15.6. The lowest BCUT2D eigenvalue weighted by atomic mass is 9.51. The van der Waals surface area contributed by atoms with Crippen molar-refractivity contribution in [1.82, 2.24) is 0 Å². The van der Waals surface area contributed by atoms with Gasteiger partial charge in [0.2, 0.25) is 0 Å². The maximum absolute atomic E-state index is 6.64. The van der Waals surface area contributed by atoms with Crippen LogP contribution in [0.15, 0.2) is 0 Å². The zero-order chi connectivity index (χ0) is 31.2. The Morgan fingerprint density at radius 1 is 0.341 bits per heavy atom. The summed E-state index contributed by atoms with van der Waals surface area (Å²) >= 11 is 0. The highest BCUT2D eigenvalue weighted by atomic mass is 16.7. The van der Waals surface area contributed by atoms with Crippen LogP contribution in [0.4, 0.5) is 0 Å². The van der Waals surface area contributed by atoms with Crippen molar-refractivity contribution in [2.24, 2.45) is 0 Å². The van der Waals surface area contributed by atoms with Crippen molar-refractivity contribution < 1.29 is 37.2 Å². The van der Waals surface area contributed by atoms with Crippen molar-refractivity contribution in [2.75, 3.05) is 0 Å². The van der Waals surface area contributed by atoms with Crippen molar-refractivity contribution in [1.29, 1.82) is 0 Å². The van der Waals surface area contributed by atoms with Gasteiger partial charge in [0.25, 0.3) is 0 Å². The summed E-state index contributed by atoms with van der Waals surface area (Å²) in [6, 6.07) is 0. The molecule has 41 heavy (non-hydrogen) atoms. The van der Waals surface area contributed by atoms with Crippen molar-refractivity contribution in [3.63, 3.8) is 0 Å². The molecule has 0 amide bonds. The minimum atomic E-state index is -0.461. The second kappa shape index (κ2) is 10.2. The van der Waals surface area contributed by atoms with E-state index in [1.807, 2.05) is 0 Å². The highest BCUT2D eigenvalue weighted by molar-refractivity contribution is 6.55. The Morgan fingerprint density at radius 2 is 0.537 bits per heavy atom. The molecule has 0 aromatic rings. The SMILES string of the molecule is CC1(C)OB(C[C@H](C[C@@H](CB2OC(C)(C)C(C)(C)O2)B2OC(C)(C)C(C)(C)O2)B2OC(C)(C)C(C)(C)O2)OC1(C)C. The molecule has 0 N–H and O–H groups in total. The predicted octanol–water partition coefficient (Wildman–Crippen LogP) is 6.49. The molecule has 4 aliphatic rings. The minimum Gasteiger partial charge on any atom is -0.403 e. The van der Waals surface area contributed by atoms with Crippen LogP contribution >= 0.6 is 0 Å². The van der Waals surface area contributed by atoms with E-state index in [1.165, 1.54) is 0 Å². The van der Waals surface area contributed by atoms with Gasteiger partial charge in [0, 0.05) is 0 Å². The average Bonchev–Trinajstić information content (AvgIpc) is 3.27. The van der Waals surface area contributed by atoms with Crippen LogP contribution in [-0.2, 0) is 37.2 Å². The smallest absolute Gasteiger partial charge is 0.403 e. The number of hydrogen-bond acceptors (Lipinski definition) is 8. The summed E-state index contributed by atoms with van der Waals surface area (Å²) in [4.78, 5) is 0. The van der Waals surface area contributed by atoms with Gasteiger partial charge in [-0.05, 0) is 135 Å². The Labute approximate surface area is 251 Å². The van der Waals surface area contributed by atoms with Gasteiger partial charge in [-0.25, -0.2) is 0 Å². The molecule has 0 spiro atoms. The third-order valence-corrected chi connectivity index (χ3v) is 11.5. The van der Waals surface area contributed by atoms with Gasteiger partial charge in [-0.3, -0.25) is 0 Å².